The molecule has 1 aromatic heterocycles. The average Bonchev–Trinajstić information content (AvgIpc) is 2.87. The first-order valence-electron chi connectivity index (χ1n) is 11.1. The largest absolute Gasteiger partial charge is 0.368 e. The number of rotatable bonds is 5. The number of piperazine rings is 1. The second-order valence-electron chi connectivity index (χ2n) is 8.19. The van der Waals surface area contributed by atoms with Crippen LogP contribution in [0, 0.1) is 5.82 Å². The predicted molar refractivity (Wildman–Crippen MR) is 130 cm³/mol. The van der Waals surface area contributed by atoms with E-state index < -0.39 is 0 Å². The number of hydrogen-bond acceptors (Lipinski definition) is 4. The fourth-order valence-electron chi connectivity index (χ4n) is 4.29. The molecule has 5 nitrogen and oxygen atoms in total. The van der Waals surface area contributed by atoms with Gasteiger partial charge in [0.05, 0.1) is 0 Å². The third kappa shape index (κ3) is 4.65. The van der Waals surface area contributed by atoms with E-state index in [2.05, 4.69) is 44.4 Å². The Bertz CT molecular complexity index is 1270. The molecule has 1 fully saturated rings. The van der Waals surface area contributed by atoms with E-state index in [1.807, 2.05) is 36.5 Å². The van der Waals surface area contributed by atoms with Gasteiger partial charge in [-0.1, -0.05) is 36.4 Å². The number of pyridine rings is 1. The number of hydrogen-bond donors (Lipinski definition) is 1. The van der Waals surface area contributed by atoms with Crippen LogP contribution >= 0.6 is 0 Å². The first-order chi connectivity index (χ1) is 16.2. The van der Waals surface area contributed by atoms with E-state index in [0.717, 1.165) is 48.3 Å². The van der Waals surface area contributed by atoms with E-state index in [0.29, 0.717) is 5.56 Å². The van der Waals surface area contributed by atoms with Gasteiger partial charge in [0.2, 0.25) is 0 Å². The Morgan fingerprint density at radius 2 is 1.67 bits per heavy atom. The highest BCUT2D eigenvalue weighted by atomic mass is 19.1. The van der Waals surface area contributed by atoms with Crippen LogP contribution in [0.5, 0.6) is 0 Å². The molecule has 1 aliphatic heterocycles. The van der Waals surface area contributed by atoms with Crippen LogP contribution < -0.4 is 15.1 Å². The molecule has 0 radical (unpaired) electrons. The van der Waals surface area contributed by atoms with Crippen LogP contribution in [-0.4, -0.2) is 37.1 Å². The van der Waals surface area contributed by atoms with E-state index in [1.54, 1.807) is 12.1 Å². The summed E-state index contributed by atoms with van der Waals surface area (Å²) in [5.41, 5.74) is 2.53. The summed E-state index contributed by atoms with van der Waals surface area (Å²) >= 11 is 0. The fourth-order valence-corrected chi connectivity index (χ4v) is 4.29. The Kier molecular flexibility index (Phi) is 5.89. The highest BCUT2D eigenvalue weighted by molar-refractivity contribution is 6.01. The topological polar surface area (TPSA) is 48.5 Å². The van der Waals surface area contributed by atoms with Crippen LogP contribution in [0.1, 0.15) is 15.9 Å². The number of anilines is 2. The summed E-state index contributed by atoms with van der Waals surface area (Å²) < 4.78 is 13.4. The van der Waals surface area contributed by atoms with Crippen molar-refractivity contribution >= 4 is 28.2 Å². The Hall–Kier alpha value is -3.93. The number of benzene rings is 3. The van der Waals surface area contributed by atoms with Gasteiger partial charge in [-0.25, -0.2) is 9.37 Å². The Labute approximate surface area is 192 Å². The molecule has 6 heteroatoms. The molecule has 0 bridgehead atoms. The van der Waals surface area contributed by atoms with E-state index in [-0.39, 0.29) is 18.3 Å². The summed E-state index contributed by atoms with van der Waals surface area (Å²) in [7, 11) is 0. The number of carbonyl (C=O) groups is 1. The smallest absolute Gasteiger partial charge is 0.251 e. The number of carbonyl (C=O) groups excluding carboxylic acids is 1. The Morgan fingerprint density at radius 3 is 2.45 bits per heavy atom. The third-order valence-corrected chi connectivity index (χ3v) is 6.05. The molecule has 1 N–H and O–H groups in total. The van der Waals surface area contributed by atoms with Crippen LogP contribution in [0.15, 0.2) is 85.1 Å². The number of nitrogens with one attached hydrogen (secondary N) is 1. The first-order valence-corrected chi connectivity index (χ1v) is 11.1. The van der Waals surface area contributed by atoms with Gasteiger partial charge in [0.25, 0.3) is 5.91 Å². The molecule has 1 amide bonds. The Morgan fingerprint density at radius 1 is 0.879 bits per heavy atom. The molecular formula is C27H25FN4O. The fraction of sp³-hybridized carbons (Fsp3) is 0.185. The zero-order valence-corrected chi connectivity index (χ0v) is 18.2. The lowest BCUT2D eigenvalue weighted by atomic mass is 10.1. The van der Waals surface area contributed by atoms with Gasteiger partial charge in [0, 0.05) is 55.6 Å². The van der Waals surface area contributed by atoms with Gasteiger partial charge in [-0.2, -0.15) is 0 Å². The number of para-hydroxylation sites is 1. The van der Waals surface area contributed by atoms with Crippen molar-refractivity contribution in [3.05, 3.63) is 102 Å². The van der Waals surface area contributed by atoms with Crippen molar-refractivity contribution in [3.8, 4) is 0 Å². The number of amides is 1. The van der Waals surface area contributed by atoms with E-state index in [1.165, 1.54) is 17.8 Å². The molecule has 0 spiro atoms. The lowest BCUT2D eigenvalue weighted by molar-refractivity contribution is 0.0951. The maximum absolute atomic E-state index is 13.4. The molecule has 0 aliphatic carbocycles. The third-order valence-electron chi connectivity index (χ3n) is 6.05. The summed E-state index contributed by atoms with van der Waals surface area (Å²) in [5, 5.41) is 4.89. The Balaban J connectivity index is 1.33. The molecule has 4 aromatic rings. The van der Waals surface area contributed by atoms with Crippen LogP contribution in [0.25, 0.3) is 10.8 Å². The van der Waals surface area contributed by atoms with Crippen molar-refractivity contribution in [2.24, 2.45) is 0 Å². The zero-order chi connectivity index (χ0) is 22.6. The van der Waals surface area contributed by atoms with Crippen molar-refractivity contribution < 1.29 is 9.18 Å². The van der Waals surface area contributed by atoms with Gasteiger partial charge in [0.15, 0.2) is 0 Å². The van der Waals surface area contributed by atoms with Crippen molar-refractivity contribution in [1.82, 2.24) is 10.3 Å². The van der Waals surface area contributed by atoms with Crippen LogP contribution in [0.2, 0.25) is 0 Å². The van der Waals surface area contributed by atoms with Crippen molar-refractivity contribution in [1.29, 1.82) is 0 Å². The lowest BCUT2D eigenvalue weighted by Gasteiger charge is -2.37. The second-order valence-corrected chi connectivity index (χ2v) is 8.19. The highest BCUT2D eigenvalue weighted by Gasteiger charge is 2.20. The highest BCUT2D eigenvalue weighted by Crippen LogP contribution is 2.27. The molecule has 33 heavy (non-hydrogen) atoms. The van der Waals surface area contributed by atoms with Gasteiger partial charge < -0.3 is 15.1 Å². The SMILES string of the molecule is O=C(NCc1cccc(F)c1)c1ccc2ccnc(N3CCN(c4ccccc4)CC3)c2c1. The lowest BCUT2D eigenvalue weighted by Crippen LogP contribution is -2.46. The number of halogens is 1. The molecule has 1 saturated heterocycles. The van der Waals surface area contributed by atoms with Crippen LogP contribution in [0.4, 0.5) is 15.9 Å². The molecule has 0 unspecified atom stereocenters. The van der Waals surface area contributed by atoms with Crippen molar-refractivity contribution in [2.45, 2.75) is 6.54 Å². The van der Waals surface area contributed by atoms with Gasteiger partial charge in [0.1, 0.15) is 11.6 Å². The zero-order valence-electron chi connectivity index (χ0n) is 18.2. The molecule has 2 heterocycles. The van der Waals surface area contributed by atoms with Crippen molar-refractivity contribution in [3.63, 3.8) is 0 Å². The molecular weight excluding hydrogens is 415 g/mol. The molecule has 5 rings (SSSR count). The van der Waals surface area contributed by atoms with E-state index >= 15 is 0 Å². The molecule has 3 aromatic carbocycles. The minimum absolute atomic E-state index is 0.190. The summed E-state index contributed by atoms with van der Waals surface area (Å²) in [4.78, 5) is 22.1. The van der Waals surface area contributed by atoms with E-state index in [9.17, 15) is 9.18 Å². The summed E-state index contributed by atoms with van der Waals surface area (Å²) in [5.74, 6) is 0.403. The van der Waals surface area contributed by atoms with Gasteiger partial charge in [-0.3, -0.25) is 4.79 Å². The molecule has 0 atom stereocenters. The van der Waals surface area contributed by atoms with Crippen molar-refractivity contribution in [2.75, 3.05) is 36.0 Å². The summed E-state index contributed by atoms with van der Waals surface area (Å²) in [6.45, 7) is 3.82. The summed E-state index contributed by atoms with van der Waals surface area (Å²) in [6, 6.07) is 24.3. The minimum atomic E-state index is -0.310. The number of fused-ring (bicyclic) bond motifs is 1. The van der Waals surface area contributed by atoms with Crippen LogP contribution in [-0.2, 0) is 6.54 Å². The van der Waals surface area contributed by atoms with Gasteiger partial charge >= 0.3 is 0 Å². The molecule has 166 valence electrons. The number of nitrogens with zero attached hydrogens (tertiary/aromatic N) is 3. The predicted octanol–water partition coefficient (Wildman–Crippen LogP) is 4.63. The van der Waals surface area contributed by atoms with E-state index in [4.69, 9.17) is 0 Å². The first kappa shape index (κ1) is 20.9. The van der Waals surface area contributed by atoms with Crippen LogP contribution in [0.3, 0.4) is 0 Å². The maximum atomic E-state index is 13.4. The maximum Gasteiger partial charge on any atom is 0.251 e. The molecule has 1 aliphatic rings. The minimum Gasteiger partial charge on any atom is -0.368 e. The summed E-state index contributed by atoms with van der Waals surface area (Å²) in [6.07, 6.45) is 1.82. The molecule has 0 saturated carbocycles. The average molecular weight is 441 g/mol. The quantitative estimate of drug-likeness (QED) is 0.492. The standard InChI is InChI=1S/C27H25FN4O/c28-23-6-4-5-20(17-23)19-30-27(33)22-10-9-21-11-12-29-26(25(21)18-22)32-15-13-31(14-16-32)24-7-2-1-3-8-24/h1-12,17-18H,13-16,19H2,(H,30,33). The normalized spacial score (nSPS) is 13.8. The second kappa shape index (κ2) is 9.28. The monoisotopic (exact) mass is 440 g/mol. The number of aromatic nitrogens is 1. The van der Waals surface area contributed by atoms with Gasteiger partial charge in [-0.15, -0.1) is 0 Å². The van der Waals surface area contributed by atoms with Gasteiger partial charge in [-0.05, 0) is 53.4 Å².